The molecule has 0 aliphatic rings. The lowest BCUT2D eigenvalue weighted by Gasteiger charge is -2.13. The highest BCUT2D eigenvalue weighted by Gasteiger charge is 2.19. The Kier molecular flexibility index (Phi) is 8.14. The number of phenolic OH excluding ortho intramolecular Hbond substituents is 1. The summed E-state index contributed by atoms with van der Waals surface area (Å²) in [6.45, 7) is 1.26. The second kappa shape index (κ2) is 11.5. The number of hydrogen-bond donors (Lipinski definition) is 3. The maximum Gasteiger partial charge on any atom is 0.241 e. The van der Waals surface area contributed by atoms with Gasteiger partial charge >= 0.3 is 0 Å². The summed E-state index contributed by atoms with van der Waals surface area (Å²) in [6, 6.07) is 16.6. The minimum Gasteiger partial charge on any atom is -0.508 e. The maximum atomic E-state index is 14.0. The van der Waals surface area contributed by atoms with Gasteiger partial charge in [-0.1, -0.05) is 18.2 Å². The third-order valence-corrected chi connectivity index (χ3v) is 7.36. The summed E-state index contributed by atoms with van der Waals surface area (Å²) >= 11 is 0. The second-order valence-corrected chi connectivity index (χ2v) is 10.1. The summed E-state index contributed by atoms with van der Waals surface area (Å²) in [7, 11) is -2.30. The van der Waals surface area contributed by atoms with Crippen LogP contribution in [0.3, 0.4) is 0 Å². The maximum absolute atomic E-state index is 14.0. The lowest BCUT2D eigenvalue weighted by molar-refractivity contribution is 0.410. The van der Waals surface area contributed by atoms with Crippen molar-refractivity contribution in [2.75, 3.05) is 26.7 Å². The van der Waals surface area contributed by atoms with Crippen LogP contribution in [0.2, 0.25) is 0 Å². The molecule has 1 heterocycles. The first kappa shape index (κ1) is 25.6. The summed E-state index contributed by atoms with van der Waals surface area (Å²) in [5, 5.41) is 14.1. The molecular weight excluding hydrogens is 481 g/mol. The molecule has 4 rings (SSSR count). The fourth-order valence-corrected chi connectivity index (χ4v) is 5.24. The van der Waals surface area contributed by atoms with Gasteiger partial charge in [0.1, 0.15) is 17.3 Å². The lowest BCUT2D eigenvalue weighted by atomic mass is 10.0. The fraction of sp³-hybridized carbons (Fsp3) is 0.222. The highest BCUT2D eigenvalue weighted by atomic mass is 32.2. The largest absolute Gasteiger partial charge is 0.508 e. The number of aromatic hydroxyl groups is 1. The zero-order valence-electron chi connectivity index (χ0n) is 19.9. The Labute approximate surface area is 210 Å². The van der Waals surface area contributed by atoms with Crippen LogP contribution < -0.4 is 14.8 Å². The first-order valence-electron chi connectivity index (χ1n) is 11.6. The van der Waals surface area contributed by atoms with Gasteiger partial charge in [-0.15, -0.1) is 0 Å². The molecule has 188 valence electrons. The third kappa shape index (κ3) is 6.17. The van der Waals surface area contributed by atoms with Gasteiger partial charge in [0.25, 0.3) is 0 Å². The average molecular weight is 510 g/mol. The number of aromatic nitrogens is 1. The van der Waals surface area contributed by atoms with Crippen molar-refractivity contribution in [1.82, 2.24) is 15.0 Å². The predicted octanol–water partition coefficient (Wildman–Crippen LogP) is 4.26. The van der Waals surface area contributed by atoms with E-state index in [1.54, 1.807) is 60.9 Å². The average Bonchev–Trinajstić information content (AvgIpc) is 2.88. The Hall–Kier alpha value is -3.53. The van der Waals surface area contributed by atoms with E-state index in [9.17, 15) is 17.9 Å². The molecule has 0 atom stereocenters. The van der Waals surface area contributed by atoms with Crippen LogP contribution in [0.4, 0.5) is 4.39 Å². The molecule has 0 saturated carbocycles. The third-order valence-electron chi connectivity index (χ3n) is 5.86. The molecule has 3 aromatic carbocycles. The van der Waals surface area contributed by atoms with Crippen LogP contribution in [-0.4, -0.2) is 45.3 Å². The summed E-state index contributed by atoms with van der Waals surface area (Å²) in [5.41, 5.74) is 2.11. The first-order valence-corrected chi connectivity index (χ1v) is 13.1. The normalized spacial score (nSPS) is 11.6. The van der Waals surface area contributed by atoms with E-state index < -0.39 is 10.0 Å². The SMILES string of the molecule is COc1ccc(CCCNCCNS(=O)(=O)c2cc(-c3ccc(O)cc3)cc3cnccc23)c(F)c1. The van der Waals surface area contributed by atoms with Crippen LogP contribution in [-0.2, 0) is 16.4 Å². The molecule has 4 aromatic rings. The van der Waals surface area contributed by atoms with Crippen LogP contribution in [0.5, 0.6) is 11.5 Å². The topological polar surface area (TPSA) is 101 Å². The smallest absolute Gasteiger partial charge is 0.241 e. The van der Waals surface area contributed by atoms with Gasteiger partial charge in [0, 0.05) is 42.3 Å². The molecule has 0 radical (unpaired) electrons. The molecule has 7 nitrogen and oxygen atoms in total. The van der Waals surface area contributed by atoms with Crippen molar-refractivity contribution in [3.8, 4) is 22.6 Å². The number of rotatable bonds is 11. The van der Waals surface area contributed by atoms with E-state index in [0.717, 1.165) is 5.56 Å². The molecule has 0 amide bonds. The molecule has 0 saturated heterocycles. The molecular formula is C27H28FN3O4S. The Morgan fingerprint density at radius 1 is 0.972 bits per heavy atom. The number of sulfonamides is 1. The lowest BCUT2D eigenvalue weighted by Crippen LogP contribution is -2.32. The van der Waals surface area contributed by atoms with Gasteiger partial charge in [-0.25, -0.2) is 17.5 Å². The van der Waals surface area contributed by atoms with E-state index in [0.29, 0.717) is 53.6 Å². The highest BCUT2D eigenvalue weighted by Crippen LogP contribution is 2.30. The van der Waals surface area contributed by atoms with Crippen LogP contribution in [0.25, 0.3) is 21.9 Å². The van der Waals surface area contributed by atoms with E-state index in [-0.39, 0.29) is 23.0 Å². The van der Waals surface area contributed by atoms with Crippen LogP contribution >= 0.6 is 0 Å². The van der Waals surface area contributed by atoms with Crippen LogP contribution in [0, 0.1) is 5.82 Å². The first-order chi connectivity index (χ1) is 17.4. The molecule has 0 aliphatic heterocycles. The van der Waals surface area contributed by atoms with Gasteiger partial charge < -0.3 is 15.2 Å². The zero-order valence-corrected chi connectivity index (χ0v) is 20.7. The van der Waals surface area contributed by atoms with Crippen molar-refractivity contribution in [3.05, 3.63) is 84.4 Å². The van der Waals surface area contributed by atoms with Gasteiger partial charge in [0.15, 0.2) is 0 Å². The Morgan fingerprint density at radius 2 is 1.78 bits per heavy atom. The van der Waals surface area contributed by atoms with E-state index in [1.165, 1.54) is 13.2 Å². The number of ether oxygens (including phenoxy) is 1. The van der Waals surface area contributed by atoms with Gasteiger partial charge in [-0.2, -0.15) is 0 Å². The summed E-state index contributed by atoms with van der Waals surface area (Å²) in [4.78, 5) is 4.30. The quantitative estimate of drug-likeness (QED) is 0.261. The number of fused-ring (bicyclic) bond motifs is 1. The predicted molar refractivity (Wildman–Crippen MR) is 138 cm³/mol. The molecule has 0 spiro atoms. The Morgan fingerprint density at radius 3 is 2.53 bits per heavy atom. The standard InChI is InChI=1S/C27H28FN3O4S/c1-35-24-9-6-20(26(28)17-24)3-2-11-29-13-14-31-36(33,34)27-16-21(19-4-7-23(32)8-5-19)15-22-18-30-12-10-25(22)27/h4-10,12,15-18,29,31-32H,2-3,11,13-14H2,1H3. The minimum atomic E-state index is -3.80. The van der Waals surface area contributed by atoms with Crippen molar-refractivity contribution < 1.29 is 22.7 Å². The number of methoxy groups -OCH3 is 1. The Balaban J connectivity index is 1.36. The molecule has 0 aliphatic carbocycles. The zero-order chi connectivity index (χ0) is 25.5. The van der Waals surface area contributed by atoms with Gasteiger partial charge in [0.2, 0.25) is 10.0 Å². The van der Waals surface area contributed by atoms with Gasteiger partial charge in [0.05, 0.1) is 12.0 Å². The number of aryl methyl sites for hydroxylation is 1. The molecule has 1 aromatic heterocycles. The number of nitrogens with one attached hydrogen (secondary N) is 2. The van der Waals surface area contributed by atoms with Crippen molar-refractivity contribution in [2.24, 2.45) is 0 Å². The number of pyridine rings is 1. The molecule has 0 fully saturated rings. The number of hydrogen-bond acceptors (Lipinski definition) is 6. The van der Waals surface area contributed by atoms with Crippen molar-refractivity contribution in [2.45, 2.75) is 17.7 Å². The number of phenols is 1. The van der Waals surface area contributed by atoms with Crippen molar-refractivity contribution in [1.29, 1.82) is 0 Å². The molecule has 36 heavy (non-hydrogen) atoms. The Bertz CT molecular complexity index is 1440. The molecule has 9 heteroatoms. The molecule has 3 N–H and O–H groups in total. The minimum absolute atomic E-state index is 0.136. The monoisotopic (exact) mass is 509 g/mol. The summed E-state index contributed by atoms with van der Waals surface area (Å²) < 4.78 is 48.1. The van der Waals surface area contributed by atoms with E-state index in [2.05, 4.69) is 15.0 Å². The summed E-state index contributed by atoms with van der Waals surface area (Å²) in [5.74, 6) is 0.329. The number of benzene rings is 3. The second-order valence-electron chi connectivity index (χ2n) is 8.33. The van der Waals surface area contributed by atoms with Crippen LogP contribution in [0.1, 0.15) is 12.0 Å². The van der Waals surface area contributed by atoms with Crippen LogP contribution in [0.15, 0.2) is 78.0 Å². The summed E-state index contributed by atoms with van der Waals surface area (Å²) in [6.07, 6.45) is 4.47. The highest BCUT2D eigenvalue weighted by molar-refractivity contribution is 7.89. The number of nitrogens with zero attached hydrogens (tertiary/aromatic N) is 1. The fourth-order valence-electron chi connectivity index (χ4n) is 3.96. The van der Waals surface area contributed by atoms with E-state index in [4.69, 9.17) is 4.74 Å². The van der Waals surface area contributed by atoms with Crippen molar-refractivity contribution in [3.63, 3.8) is 0 Å². The van der Waals surface area contributed by atoms with Crippen molar-refractivity contribution >= 4 is 20.8 Å². The van der Waals surface area contributed by atoms with E-state index in [1.807, 2.05) is 6.07 Å². The number of halogens is 1. The molecule has 0 unspecified atom stereocenters. The van der Waals surface area contributed by atoms with Gasteiger partial charge in [-0.3, -0.25) is 4.98 Å². The molecule has 0 bridgehead atoms. The van der Waals surface area contributed by atoms with Gasteiger partial charge in [-0.05, 0) is 72.5 Å². The van der Waals surface area contributed by atoms with E-state index >= 15 is 0 Å².